The lowest BCUT2D eigenvalue weighted by Gasteiger charge is -2.39. The minimum absolute atomic E-state index is 0.00330. The molecule has 0 aromatic heterocycles. The van der Waals surface area contributed by atoms with Gasteiger partial charge in [0.2, 0.25) is 0 Å². The SMILES string of the molecule is CC1CCCC(CO)(NC(=O)c2ccc(Cl)cc2)C1. The maximum Gasteiger partial charge on any atom is 0.251 e. The zero-order valence-corrected chi connectivity index (χ0v) is 11.9. The number of hydrogen-bond acceptors (Lipinski definition) is 2. The molecule has 0 radical (unpaired) electrons. The highest BCUT2D eigenvalue weighted by molar-refractivity contribution is 6.30. The second-order valence-electron chi connectivity index (χ2n) is 5.60. The number of nitrogens with one attached hydrogen (secondary N) is 1. The van der Waals surface area contributed by atoms with Crippen molar-refractivity contribution in [2.24, 2.45) is 5.92 Å². The van der Waals surface area contributed by atoms with Crippen LogP contribution in [0.15, 0.2) is 24.3 Å². The summed E-state index contributed by atoms with van der Waals surface area (Å²) in [6.07, 6.45) is 3.89. The Morgan fingerprint density at radius 3 is 2.74 bits per heavy atom. The molecule has 1 saturated carbocycles. The molecule has 0 bridgehead atoms. The molecular weight excluding hydrogens is 262 g/mol. The Hall–Kier alpha value is -1.06. The first-order valence-electron chi connectivity index (χ1n) is 6.74. The van der Waals surface area contributed by atoms with Gasteiger partial charge in [-0.2, -0.15) is 0 Å². The number of benzene rings is 1. The lowest BCUT2D eigenvalue weighted by molar-refractivity contribution is 0.0697. The molecule has 1 aliphatic carbocycles. The first-order chi connectivity index (χ1) is 9.04. The summed E-state index contributed by atoms with van der Waals surface area (Å²) >= 11 is 5.81. The summed E-state index contributed by atoms with van der Waals surface area (Å²) in [5.41, 5.74) is 0.115. The lowest BCUT2D eigenvalue weighted by Crippen LogP contribution is -2.53. The van der Waals surface area contributed by atoms with E-state index < -0.39 is 5.54 Å². The van der Waals surface area contributed by atoms with E-state index in [0.717, 1.165) is 19.3 Å². The number of hydrogen-bond donors (Lipinski definition) is 2. The fourth-order valence-corrected chi connectivity index (χ4v) is 3.00. The average molecular weight is 282 g/mol. The van der Waals surface area contributed by atoms with E-state index in [1.54, 1.807) is 24.3 Å². The van der Waals surface area contributed by atoms with Crippen LogP contribution in [0, 0.1) is 5.92 Å². The van der Waals surface area contributed by atoms with Gasteiger partial charge in [0, 0.05) is 10.6 Å². The van der Waals surface area contributed by atoms with Gasteiger partial charge >= 0.3 is 0 Å². The molecule has 104 valence electrons. The van der Waals surface area contributed by atoms with Crippen molar-refractivity contribution >= 4 is 17.5 Å². The van der Waals surface area contributed by atoms with Crippen LogP contribution >= 0.6 is 11.6 Å². The van der Waals surface area contributed by atoms with Crippen LogP contribution in [0.5, 0.6) is 0 Å². The van der Waals surface area contributed by atoms with Crippen molar-refractivity contribution in [3.05, 3.63) is 34.9 Å². The molecule has 4 heteroatoms. The molecule has 0 aliphatic heterocycles. The Kier molecular flexibility index (Phi) is 4.48. The third-order valence-electron chi connectivity index (χ3n) is 3.88. The van der Waals surface area contributed by atoms with E-state index in [4.69, 9.17) is 11.6 Å². The second-order valence-corrected chi connectivity index (χ2v) is 6.04. The number of carbonyl (C=O) groups is 1. The average Bonchev–Trinajstić information content (AvgIpc) is 2.39. The highest BCUT2D eigenvalue weighted by atomic mass is 35.5. The Bertz CT molecular complexity index is 446. The van der Waals surface area contributed by atoms with Gasteiger partial charge in [0.15, 0.2) is 0 Å². The number of carbonyl (C=O) groups excluding carboxylic acids is 1. The van der Waals surface area contributed by atoms with Crippen LogP contribution in [0.3, 0.4) is 0 Å². The Labute approximate surface area is 119 Å². The van der Waals surface area contributed by atoms with Gasteiger partial charge in [0.1, 0.15) is 0 Å². The minimum Gasteiger partial charge on any atom is -0.394 e. The Morgan fingerprint density at radius 1 is 1.47 bits per heavy atom. The van der Waals surface area contributed by atoms with Gasteiger partial charge in [-0.1, -0.05) is 31.4 Å². The minimum atomic E-state index is -0.464. The van der Waals surface area contributed by atoms with Gasteiger partial charge in [0.25, 0.3) is 5.91 Å². The van der Waals surface area contributed by atoms with Crippen LogP contribution in [0.1, 0.15) is 43.0 Å². The molecule has 1 aromatic carbocycles. The van der Waals surface area contributed by atoms with E-state index in [1.807, 2.05) is 0 Å². The molecule has 0 saturated heterocycles. The van der Waals surface area contributed by atoms with Crippen molar-refractivity contribution in [3.63, 3.8) is 0 Å². The maximum absolute atomic E-state index is 12.2. The van der Waals surface area contributed by atoms with Crippen molar-refractivity contribution in [3.8, 4) is 0 Å². The monoisotopic (exact) mass is 281 g/mol. The third-order valence-corrected chi connectivity index (χ3v) is 4.13. The molecule has 1 aliphatic rings. The van der Waals surface area contributed by atoms with Crippen molar-refractivity contribution < 1.29 is 9.90 Å². The molecule has 2 N–H and O–H groups in total. The molecular formula is C15H20ClNO2. The quantitative estimate of drug-likeness (QED) is 0.895. The third kappa shape index (κ3) is 3.48. The van der Waals surface area contributed by atoms with Gasteiger partial charge < -0.3 is 10.4 Å². The number of halogens is 1. The summed E-state index contributed by atoms with van der Waals surface area (Å²) in [4.78, 5) is 12.2. The fourth-order valence-electron chi connectivity index (χ4n) is 2.87. The molecule has 1 aromatic rings. The highest BCUT2D eigenvalue weighted by Gasteiger charge is 2.35. The first-order valence-corrected chi connectivity index (χ1v) is 7.11. The van der Waals surface area contributed by atoms with Crippen LogP contribution in [-0.2, 0) is 0 Å². The van der Waals surface area contributed by atoms with Gasteiger partial charge in [0.05, 0.1) is 12.1 Å². The highest BCUT2D eigenvalue weighted by Crippen LogP contribution is 2.32. The molecule has 19 heavy (non-hydrogen) atoms. The molecule has 1 fully saturated rings. The van der Waals surface area contributed by atoms with Crippen molar-refractivity contribution in [1.82, 2.24) is 5.32 Å². The molecule has 0 spiro atoms. The Morgan fingerprint density at radius 2 is 2.16 bits per heavy atom. The van der Waals surface area contributed by atoms with Gasteiger partial charge in [-0.3, -0.25) is 4.79 Å². The van der Waals surface area contributed by atoms with E-state index in [9.17, 15) is 9.90 Å². The summed E-state index contributed by atoms with van der Waals surface area (Å²) in [6.45, 7) is 2.16. The Balaban J connectivity index is 2.09. The van der Waals surface area contributed by atoms with Crippen LogP contribution in [-0.4, -0.2) is 23.2 Å². The molecule has 3 nitrogen and oxygen atoms in total. The smallest absolute Gasteiger partial charge is 0.251 e. The fraction of sp³-hybridized carbons (Fsp3) is 0.533. The molecule has 2 rings (SSSR count). The topological polar surface area (TPSA) is 49.3 Å². The number of amides is 1. The molecule has 2 atom stereocenters. The molecule has 2 unspecified atom stereocenters. The van der Waals surface area contributed by atoms with Gasteiger partial charge in [-0.15, -0.1) is 0 Å². The number of rotatable bonds is 3. The first kappa shape index (κ1) is 14.4. The number of aliphatic hydroxyl groups excluding tert-OH is 1. The van der Waals surface area contributed by atoms with Crippen LogP contribution < -0.4 is 5.32 Å². The van der Waals surface area contributed by atoms with E-state index in [2.05, 4.69) is 12.2 Å². The van der Waals surface area contributed by atoms with E-state index in [1.165, 1.54) is 6.42 Å². The summed E-state index contributed by atoms with van der Waals surface area (Å²) in [7, 11) is 0. The lowest BCUT2D eigenvalue weighted by atomic mass is 9.76. The van der Waals surface area contributed by atoms with E-state index in [0.29, 0.717) is 16.5 Å². The normalized spacial score (nSPS) is 27.0. The van der Waals surface area contributed by atoms with Crippen molar-refractivity contribution in [2.75, 3.05) is 6.61 Å². The van der Waals surface area contributed by atoms with Crippen molar-refractivity contribution in [2.45, 2.75) is 38.1 Å². The summed E-state index contributed by atoms with van der Waals surface area (Å²) in [5, 5.41) is 13.3. The van der Waals surface area contributed by atoms with Crippen LogP contribution in [0.4, 0.5) is 0 Å². The second kappa shape index (κ2) is 5.93. The van der Waals surface area contributed by atoms with Gasteiger partial charge in [-0.25, -0.2) is 0 Å². The molecule has 1 amide bonds. The van der Waals surface area contributed by atoms with E-state index >= 15 is 0 Å². The van der Waals surface area contributed by atoms with Crippen LogP contribution in [0.25, 0.3) is 0 Å². The predicted molar refractivity (Wildman–Crippen MR) is 76.4 cm³/mol. The van der Waals surface area contributed by atoms with Crippen molar-refractivity contribution in [1.29, 1.82) is 0 Å². The standard InChI is InChI=1S/C15H20ClNO2/c1-11-3-2-8-15(9-11,10-18)17-14(19)12-4-6-13(16)7-5-12/h4-7,11,18H,2-3,8-10H2,1H3,(H,17,19). The summed E-state index contributed by atoms with van der Waals surface area (Å²) in [6, 6.07) is 6.81. The van der Waals surface area contributed by atoms with Crippen LogP contribution in [0.2, 0.25) is 5.02 Å². The molecule has 0 heterocycles. The van der Waals surface area contributed by atoms with E-state index in [-0.39, 0.29) is 12.5 Å². The largest absolute Gasteiger partial charge is 0.394 e. The summed E-state index contributed by atoms with van der Waals surface area (Å²) in [5.74, 6) is 0.395. The zero-order chi connectivity index (χ0) is 13.9. The summed E-state index contributed by atoms with van der Waals surface area (Å²) < 4.78 is 0. The zero-order valence-electron chi connectivity index (χ0n) is 11.2. The number of aliphatic hydroxyl groups is 1. The van der Waals surface area contributed by atoms with Gasteiger partial charge in [-0.05, 0) is 43.0 Å². The maximum atomic E-state index is 12.2. The predicted octanol–water partition coefficient (Wildman–Crippen LogP) is 3.01.